The van der Waals surface area contributed by atoms with Gasteiger partial charge in [0.2, 0.25) is 0 Å². The molecule has 0 atom stereocenters. The van der Waals surface area contributed by atoms with Gasteiger partial charge in [0.15, 0.2) is 11.2 Å². The second kappa shape index (κ2) is 8.35. The van der Waals surface area contributed by atoms with E-state index in [1.807, 2.05) is 25.1 Å². The summed E-state index contributed by atoms with van der Waals surface area (Å²) in [7, 11) is 0. The van der Waals surface area contributed by atoms with E-state index in [0.717, 1.165) is 28.7 Å². The Hall–Kier alpha value is -2.67. The van der Waals surface area contributed by atoms with Crippen molar-refractivity contribution < 1.29 is 19.1 Å². The zero-order valence-electron chi connectivity index (χ0n) is 15.7. The number of hydrogen-bond donors (Lipinski definition) is 0. The number of rotatable bonds is 8. The molecule has 6 nitrogen and oxygen atoms in total. The first-order valence-corrected chi connectivity index (χ1v) is 9.80. The van der Waals surface area contributed by atoms with E-state index in [1.165, 1.54) is 11.3 Å². The van der Waals surface area contributed by atoms with Crippen LogP contribution < -0.4 is 4.74 Å². The minimum atomic E-state index is -0.288. The van der Waals surface area contributed by atoms with Crippen LogP contribution in [0.5, 0.6) is 5.75 Å². The van der Waals surface area contributed by atoms with Crippen molar-refractivity contribution in [2.24, 2.45) is 0 Å². The zero-order chi connectivity index (χ0) is 19.4. The van der Waals surface area contributed by atoms with Crippen LogP contribution in [0.25, 0.3) is 16.2 Å². The van der Waals surface area contributed by atoms with Gasteiger partial charge in [-0.3, -0.25) is 14.0 Å². The van der Waals surface area contributed by atoms with Crippen LogP contribution in [0.4, 0.5) is 0 Å². The maximum Gasteiger partial charge on any atom is 0.311 e. The van der Waals surface area contributed by atoms with Crippen molar-refractivity contribution in [2.45, 2.75) is 33.6 Å². The molecule has 3 rings (SSSR count). The number of hydrogen-bond acceptors (Lipinski definition) is 6. The third-order valence-corrected chi connectivity index (χ3v) is 5.14. The number of thiazole rings is 1. The number of esters is 1. The fraction of sp³-hybridized carbons (Fsp3) is 0.350. The molecule has 142 valence electrons. The average Bonchev–Trinajstić information content (AvgIpc) is 3.19. The lowest BCUT2D eigenvalue weighted by atomic mass is 10.0. The zero-order valence-corrected chi connectivity index (χ0v) is 16.5. The SMILES string of the molecule is CCOC(=O)Cc1cn2c(C=O)c(-c3cc(CC)ccc3OCC)nc2s1. The minimum absolute atomic E-state index is 0.172. The van der Waals surface area contributed by atoms with Crippen LogP contribution in [0.15, 0.2) is 24.4 Å². The Morgan fingerprint density at radius 1 is 1.26 bits per heavy atom. The highest BCUT2D eigenvalue weighted by Crippen LogP contribution is 2.35. The molecule has 1 aromatic carbocycles. The van der Waals surface area contributed by atoms with E-state index >= 15 is 0 Å². The third kappa shape index (κ3) is 3.88. The number of fused-ring (bicyclic) bond motifs is 1. The first-order valence-electron chi connectivity index (χ1n) is 8.98. The summed E-state index contributed by atoms with van der Waals surface area (Å²) in [6.45, 7) is 6.65. The molecule has 0 saturated heterocycles. The van der Waals surface area contributed by atoms with E-state index in [4.69, 9.17) is 9.47 Å². The van der Waals surface area contributed by atoms with Crippen LogP contribution in [-0.2, 0) is 22.4 Å². The summed E-state index contributed by atoms with van der Waals surface area (Å²) in [4.78, 5) is 29.7. The molecule has 2 heterocycles. The molecular weight excluding hydrogens is 364 g/mol. The number of aldehydes is 1. The maximum atomic E-state index is 11.8. The van der Waals surface area contributed by atoms with Gasteiger partial charge < -0.3 is 9.47 Å². The molecule has 0 aliphatic rings. The van der Waals surface area contributed by atoms with Crippen LogP contribution in [0.1, 0.15) is 41.7 Å². The molecule has 0 fully saturated rings. The minimum Gasteiger partial charge on any atom is -0.493 e. The highest BCUT2D eigenvalue weighted by Gasteiger charge is 2.20. The van der Waals surface area contributed by atoms with E-state index in [9.17, 15) is 9.59 Å². The number of benzene rings is 1. The quantitative estimate of drug-likeness (QED) is 0.433. The number of aromatic nitrogens is 2. The predicted molar refractivity (Wildman–Crippen MR) is 105 cm³/mol. The van der Waals surface area contributed by atoms with Crippen LogP contribution in [0.3, 0.4) is 0 Å². The molecule has 0 N–H and O–H groups in total. The Balaban J connectivity index is 2.06. The molecule has 0 aliphatic carbocycles. The molecule has 0 spiro atoms. The van der Waals surface area contributed by atoms with E-state index in [2.05, 4.69) is 11.9 Å². The van der Waals surface area contributed by atoms with Crippen LogP contribution in [-0.4, -0.2) is 34.9 Å². The van der Waals surface area contributed by atoms with Crippen molar-refractivity contribution in [3.8, 4) is 17.0 Å². The van der Waals surface area contributed by atoms with Crippen molar-refractivity contribution >= 4 is 28.6 Å². The summed E-state index contributed by atoms with van der Waals surface area (Å²) in [5.74, 6) is 0.416. The number of ether oxygens (including phenoxy) is 2. The van der Waals surface area contributed by atoms with E-state index in [0.29, 0.717) is 35.3 Å². The smallest absolute Gasteiger partial charge is 0.311 e. The van der Waals surface area contributed by atoms with Crippen molar-refractivity contribution in [3.63, 3.8) is 0 Å². The lowest BCUT2D eigenvalue weighted by molar-refractivity contribution is -0.142. The lowest BCUT2D eigenvalue weighted by Crippen LogP contribution is -2.06. The monoisotopic (exact) mass is 386 g/mol. The molecule has 0 unspecified atom stereocenters. The Morgan fingerprint density at radius 2 is 2.07 bits per heavy atom. The largest absolute Gasteiger partial charge is 0.493 e. The number of carbonyl (C=O) groups excluding carboxylic acids is 2. The second-order valence-electron chi connectivity index (χ2n) is 5.91. The summed E-state index contributed by atoms with van der Waals surface area (Å²) in [6.07, 6.45) is 3.62. The number of carbonyl (C=O) groups is 2. The van der Waals surface area contributed by atoms with Gasteiger partial charge in [-0.1, -0.05) is 13.0 Å². The first kappa shape index (κ1) is 19.1. The molecule has 27 heavy (non-hydrogen) atoms. The van der Waals surface area contributed by atoms with Gasteiger partial charge >= 0.3 is 5.97 Å². The Kier molecular flexibility index (Phi) is 5.91. The Morgan fingerprint density at radius 3 is 2.74 bits per heavy atom. The number of nitrogens with zero attached hydrogens (tertiary/aromatic N) is 2. The summed E-state index contributed by atoms with van der Waals surface area (Å²) in [6, 6.07) is 5.96. The number of aryl methyl sites for hydroxylation is 1. The fourth-order valence-electron chi connectivity index (χ4n) is 2.92. The van der Waals surface area contributed by atoms with Crippen molar-refractivity contribution in [3.05, 3.63) is 40.5 Å². The van der Waals surface area contributed by atoms with E-state index in [-0.39, 0.29) is 12.4 Å². The summed E-state index contributed by atoms with van der Waals surface area (Å²) >= 11 is 1.38. The summed E-state index contributed by atoms with van der Waals surface area (Å²) < 4.78 is 12.5. The van der Waals surface area contributed by atoms with Gasteiger partial charge in [-0.05, 0) is 38.0 Å². The van der Waals surface area contributed by atoms with E-state index in [1.54, 1.807) is 17.5 Å². The fourth-order valence-corrected chi connectivity index (χ4v) is 3.89. The summed E-state index contributed by atoms with van der Waals surface area (Å²) in [5.41, 5.74) is 2.99. The Bertz CT molecular complexity index is 974. The number of imidazole rings is 1. The van der Waals surface area contributed by atoms with Crippen LogP contribution in [0.2, 0.25) is 0 Å². The van der Waals surface area contributed by atoms with Crippen molar-refractivity contribution in [2.75, 3.05) is 13.2 Å². The van der Waals surface area contributed by atoms with E-state index < -0.39 is 0 Å². The molecule has 0 bridgehead atoms. The second-order valence-corrected chi connectivity index (χ2v) is 7.01. The molecule has 7 heteroatoms. The molecule has 0 aliphatic heterocycles. The highest BCUT2D eigenvalue weighted by molar-refractivity contribution is 7.17. The lowest BCUT2D eigenvalue weighted by Gasteiger charge is -2.10. The molecule has 2 aromatic heterocycles. The van der Waals surface area contributed by atoms with Crippen LogP contribution >= 0.6 is 11.3 Å². The standard InChI is InChI=1S/C20H22N2O4S/c1-4-13-7-8-17(25-5-2)15(9-13)19-16(12-23)22-11-14(27-20(22)21-19)10-18(24)26-6-3/h7-9,11-12H,4-6,10H2,1-3H3. The van der Waals surface area contributed by atoms with Gasteiger partial charge in [0.25, 0.3) is 0 Å². The maximum absolute atomic E-state index is 11.8. The summed E-state index contributed by atoms with van der Waals surface area (Å²) in [5, 5.41) is 0. The van der Waals surface area contributed by atoms with Gasteiger partial charge in [-0.2, -0.15) is 0 Å². The van der Waals surface area contributed by atoms with Gasteiger partial charge in [-0.25, -0.2) is 4.98 Å². The van der Waals surface area contributed by atoms with Gasteiger partial charge in [-0.15, -0.1) is 11.3 Å². The van der Waals surface area contributed by atoms with Gasteiger partial charge in [0.05, 0.1) is 19.6 Å². The van der Waals surface area contributed by atoms with Crippen LogP contribution in [0, 0.1) is 0 Å². The average molecular weight is 386 g/mol. The molecular formula is C20H22N2O4S. The first-order chi connectivity index (χ1) is 13.1. The normalized spacial score (nSPS) is 10.9. The van der Waals surface area contributed by atoms with Gasteiger partial charge in [0.1, 0.15) is 17.1 Å². The van der Waals surface area contributed by atoms with Gasteiger partial charge in [0, 0.05) is 16.6 Å². The topological polar surface area (TPSA) is 69.9 Å². The van der Waals surface area contributed by atoms with Crippen molar-refractivity contribution in [1.82, 2.24) is 9.38 Å². The molecule has 0 saturated carbocycles. The third-order valence-electron chi connectivity index (χ3n) is 4.15. The molecule has 0 amide bonds. The predicted octanol–water partition coefficient (Wildman–Crippen LogP) is 3.94. The molecule has 0 radical (unpaired) electrons. The highest BCUT2D eigenvalue weighted by atomic mass is 32.1. The van der Waals surface area contributed by atoms with Crippen molar-refractivity contribution in [1.29, 1.82) is 0 Å². The molecule has 3 aromatic rings. The Labute approximate surface area is 161 Å².